The number of nitrogens with zero attached hydrogens (tertiary/aromatic N) is 1. The van der Waals surface area contributed by atoms with E-state index in [2.05, 4.69) is 10.3 Å². The highest BCUT2D eigenvalue weighted by molar-refractivity contribution is 7.07. The van der Waals surface area contributed by atoms with Crippen LogP contribution < -0.4 is 11.1 Å². The normalized spacial score (nSPS) is 11.3. The molecule has 0 radical (unpaired) electrons. The van der Waals surface area contributed by atoms with Crippen LogP contribution in [0.4, 0.5) is 0 Å². The van der Waals surface area contributed by atoms with Gasteiger partial charge in [0, 0.05) is 17.5 Å². The molecule has 1 amide bonds. The van der Waals surface area contributed by atoms with Crippen molar-refractivity contribution in [1.82, 2.24) is 10.3 Å². The summed E-state index contributed by atoms with van der Waals surface area (Å²) in [6.07, 6.45) is 0. The van der Waals surface area contributed by atoms with Crippen LogP contribution in [0.1, 0.15) is 24.3 Å². The van der Waals surface area contributed by atoms with Gasteiger partial charge in [0.15, 0.2) is 0 Å². The lowest BCUT2D eigenvalue weighted by Crippen LogP contribution is -2.48. The first-order valence-electron chi connectivity index (χ1n) is 3.96. The Hall–Kier alpha value is -0.940. The summed E-state index contributed by atoms with van der Waals surface area (Å²) in [5, 5.41) is 4.50. The Morgan fingerprint density at radius 1 is 1.77 bits per heavy atom. The van der Waals surface area contributed by atoms with Gasteiger partial charge in [0.2, 0.25) is 0 Å². The fourth-order valence-electron chi connectivity index (χ4n) is 0.747. The maximum Gasteiger partial charge on any atom is 0.271 e. The highest BCUT2D eigenvalue weighted by Crippen LogP contribution is 2.04. The van der Waals surface area contributed by atoms with E-state index in [9.17, 15) is 4.79 Å². The van der Waals surface area contributed by atoms with Gasteiger partial charge in [-0.3, -0.25) is 4.79 Å². The number of thiazole rings is 1. The highest BCUT2D eigenvalue weighted by atomic mass is 32.1. The molecule has 5 heteroatoms. The second kappa shape index (κ2) is 3.85. The zero-order valence-electron chi connectivity index (χ0n) is 7.70. The SMILES string of the molecule is CC(C)(CN)NC(=O)c1cscn1. The molecule has 0 aliphatic carbocycles. The minimum atomic E-state index is -0.374. The molecule has 0 unspecified atom stereocenters. The molecule has 0 saturated carbocycles. The molecule has 72 valence electrons. The predicted octanol–water partition coefficient (Wildman–Crippen LogP) is 0.610. The molecule has 0 bridgehead atoms. The summed E-state index contributed by atoms with van der Waals surface area (Å²) >= 11 is 1.40. The third-order valence-electron chi connectivity index (χ3n) is 1.63. The van der Waals surface area contributed by atoms with Gasteiger partial charge >= 0.3 is 0 Å². The molecule has 0 spiro atoms. The summed E-state index contributed by atoms with van der Waals surface area (Å²) in [4.78, 5) is 15.4. The second-order valence-electron chi connectivity index (χ2n) is 3.42. The fourth-order valence-corrected chi connectivity index (χ4v) is 1.28. The summed E-state index contributed by atoms with van der Waals surface area (Å²) in [5.41, 5.74) is 7.18. The van der Waals surface area contributed by atoms with Gasteiger partial charge in [0.05, 0.1) is 5.51 Å². The van der Waals surface area contributed by atoms with Crippen LogP contribution >= 0.6 is 11.3 Å². The first-order chi connectivity index (χ1) is 6.05. The van der Waals surface area contributed by atoms with Crippen molar-refractivity contribution in [2.24, 2.45) is 5.73 Å². The maximum atomic E-state index is 11.5. The molecule has 3 N–H and O–H groups in total. The molecule has 13 heavy (non-hydrogen) atoms. The van der Waals surface area contributed by atoms with Crippen molar-refractivity contribution in [1.29, 1.82) is 0 Å². The minimum absolute atomic E-state index is 0.170. The van der Waals surface area contributed by atoms with Crippen molar-refractivity contribution >= 4 is 17.2 Å². The number of amides is 1. The first kappa shape index (κ1) is 10.1. The number of hydrogen-bond acceptors (Lipinski definition) is 4. The number of carbonyl (C=O) groups is 1. The van der Waals surface area contributed by atoms with Crippen LogP contribution in [0, 0.1) is 0 Å². The van der Waals surface area contributed by atoms with Crippen LogP contribution in [0.15, 0.2) is 10.9 Å². The average Bonchev–Trinajstić information content (AvgIpc) is 2.55. The van der Waals surface area contributed by atoms with Gasteiger partial charge in [-0.15, -0.1) is 11.3 Å². The van der Waals surface area contributed by atoms with Gasteiger partial charge in [-0.25, -0.2) is 4.98 Å². The molecule has 0 aliphatic rings. The molecule has 0 atom stereocenters. The molecule has 1 aromatic rings. The van der Waals surface area contributed by atoms with E-state index in [1.807, 2.05) is 13.8 Å². The Balaban J connectivity index is 2.61. The van der Waals surface area contributed by atoms with Gasteiger partial charge in [-0.2, -0.15) is 0 Å². The van der Waals surface area contributed by atoms with E-state index < -0.39 is 0 Å². The van der Waals surface area contributed by atoms with Crippen LogP contribution in [-0.4, -0.2) is 23.0 Å². The Morgan fingerprint density at radius 2 is 2.46 bits per heavy atom. The molecule has 1 rings (SSSR count). The summed E-state index contributed by atoms with van der Waals surface area (Å²) < 4.78 is 0. The fraction of sp³-hybridized carbons (Fsp3) is 0.500. The molecular formula is C8H13N3OS. The minimum Gasteiger partial charge on any atom is -0.345 e. The first-order valence-corrected chi connectivity index (χ1v) is 4.90. The van der Waals surface area contributed by atoms with Crippen LogP contribution in [0.25, 0.3) is 0 Å². The summed E-state index contributed by atoms with van der Waals surface area (Å²) in [6, 6.07) is 0. The third-order valence-corrected chi connectivity index (χ3v) is 2.21. The zero-order valence-corrected chi connectivity index (χ0v) is 8.52. The second-order valence-corrected chi connectivity index (χ2v) is 4.13. The Morgan fingerprint density at radius 3 is 2.92 bits per heavy atom. The lowest BCUT2D eigenvalue weighted by atomic mass is 10.1. The summed E-state index contributed by atoms with van der Waals surface area (Å²) in [7, 11) is 0. The van der Waals surface area contributed by atoms with Gasteiger partial charge < -0.3 is 11.1 Å². The van der Waals surface area contributed by atoms with Crippen LogP contribution in [-0.2, 0) is 0 Å². The van der Waals surface area contributed by atoms with Crippen molar-refractivity contribution in [2.75, 3.05) is 6.54 Å². The molecule has 0 aliphatic heterocycles. The Kier molecular flexibility index (Phi) is 3.00. The van der Waals surface area contributed by atoms with Gasteiger partial charge in [-0.05, 0) is 13.8 Å². The number of rotatable bonds is 3. The van der Waals surface area contributed by atoms with Gasteiger partial charge in [-0.1, -0.05) is 0 Å². The largest absolute Gasteiger partial charge is 0.345 e. The molecule has 0 aromatic carbocycles. The van der Waals surface area contributed by atoms with Crippen molar-refractivity contribution in [3.05, 3.63) is 16.6 Å². The quantitative estimate of drug-likeness (QED) is 0.749. The van der Waals surface area contributed by atoms with E-state index in [0.717, 1.165) is 0 Å². The van der Waals surface area contributed by atoms with Gasteiger partial charge in [0.25, 0.3) is 5.91 Å². The van der Waals surface area contributed by atoms with Gasteiger partial charge in [0.1, 0.15) is 5.69 Å². The van der Waals surface area contributed by atoms with Crippen molar-refractivity contribution < 1.29 is 4.79 Å². The lowest BCUT2D eigenvalue weighted by Gasteiger charge is -2.23. The van der Waals surface area contributed by atoms with E-state index in [1.54, 1.807) is 10.9 Å². The molecule has 1 aromatic heterocycles. The van der Waals surface area contributed by atoms with Crippen molar-refractivity contribution in [3.63, 3.8) is 0 Å². The van der Waals surface area contributed by atoms with Crippen molar-refractivity contribution in [3.8, 4) is 0 Å². The number of carbonyl (C=O) groups excluding carboxylic acids is 1. The van der Waals surface area contributed by atoms with Crippen molar-refractivity contribution in [2.45, 2.75) is 19.4 Å². The van der Waals surface area contributed by atoms with Crippen LogP contribution in [0.5, 0.6) is 0 Å². The smallest absolute Gasteiger partial charge is 0.271 e. The average molecular weight is 199 g/mol. The Bertz CT molecular complexity index is 282. The molecule has 0 saturated heterocycles. The zero-order chi connectivity index (χ0) is 9.90. The number of nitrogens with one attached hydrogen (secondary N) is 1. The van der Waals surface area contributed by atoms with E-state index >= 15 is 0 Å². The topological polar surface area (TPSA) is 68.0 Å². The maximum absolute atomic E-state index is 11.5. The predicted molar refractivity (Wildman–Crippen MR) is 52.7 cm³/mol. The van der Waals surface area contributed by atoms with E-state index in [4.69, 9.17) is 5.73 Å². The molecule has 0 fully saturated rings. The van der Waals surface area contributed by atoms with E-state index in [0.29, 0.717) is 12.2 Å². The van der Waals surface area contributed by atoms with E-state index in [1.165, 1.54) is 11.3 Å². The third kappa shape index (κ3) is 2.78. The number of hydrogen-bond donors (Lipinski definition) is 2. The van der Waals surface area contributed by atoms with Crippen LogP contribution in [0.3, 0.4) is 0 Å². The lowest BCUT2D eigenvalue weighted by molar-refractivity contribution is 0.0911. The van der Waals surface area contributed by atoms with Crippen LogP contribution in [0.2, 0.25) is 0 Å². The summed E-state index contributed by atoms with van der Waals surface area (Å²) in [5.74, 6) is -0.170. The summed E-state index contributed by atoms with van der Waals surface area (Å²) in [6.45, 7) is 4.15. The molecule has 4 nitrogen and oxygen atoms in total. The highest BCUT2D eigenvalue weighted by Gasteiger charge is 2.19. The number of nitrogens with two attached hydrogens (primary N) is 1. The molecular weight excluding hydrogens is 186 g/mol. The molecule has 1 heterocycles. The monoisotopic (exact) mass is 199 g/mol. The number of aromatic nitrogens is 1. The van der Waals surface area contributed by atoms with E-state index in [-0.39, 0.29) is 11.4 Å². The Labute approximate surface area is 81.2 Å². The standard InChI is InChI=1S/C8H13N3OS/c1-8(2,4-9)11-7(12)6-3-13-5-10-6/h3,5H,4,9H2,1-2H3,(H,11,12).